The molecule has 0 saturated carbocycles. The number of rotatable bonds is 7. The largest absolute Gasteiger partial charge is 0.465 e. The molecular weight excluding hydrogens is 472 g/mol. The molecule has 0 aliphatic carbocycles. The fourth-order valence-electron chi connectivity index (χ4n) is 3.94. The van der Waals surface area contributed by atoms with Crippen LogP contribution in [0.25, 0.3) is 10.2 Å². The predicted octanol–water partition coefficient (Wildman–Crippen LogP) is 3.31. The third-order valence-electron chi connectivity index (χ3n) is 5.72. The van der Waals surface area contributed by atoms with Gasteiger partial charge in [0, 0.05) is 24.7 Å². The zero-order chi connectivity index (χ0) is 24.9. The topological polar surface area (TPSA) is 116 Å². The first kappa shape index (κ1) is 24.6. The molecule has 1 aromatic heterocycles. The summed E-state index contributed by atoms with van der Waals surface area (Å²) in [6.07, 6.45) is 0.844. The number of carbonyl (C=O) groups is 2. The van der Waals surface area contributed by atoms with Crippen LogP contribution in [-0.2, 0) is 27.2 Å². The SMILES string of the molecule is CCOC(=O)Cn1c(=NC(=O)c2ccc(N3CCOCC3)c([N+](=O)[O-])c2)sc2cc(CC)ccc21. The van der Waals surface area contributed by atoms with Gasteiger partial charge in [-0.25, -0.2) is 0 Å². The van der Waals surface area contributed by atoms with E-state index in [-0.39, 0.29) is 24.4 Å². The number of hydrogen-bond donors (Lipinski definition) is 0. The van der Waals surface area contributed by atoms with Crippen molar-refractivity contribution in [2.24, 2.45) is 4.99 Å². The maximum atomic E-state index is 13.1. The summed E-state index contributed by atoms with van der Waals surface area (Å²) in [4.78, 5) is 43.1. The van der Waals surface area contributed by atoms with Crippen molar-refractivity contribution in [2.45, 2.75) is 26.8 Å². The van der Waals surface area contributed by atoms with Crippen LogP contribution in [0.5, 0.6) is 0 Å². The Morgan fingerprint density at radius 1 is 1.17 bits per heavy atom. The summed E-state index contributed by atoms with van der Waals surface area (Å²) in [6.45, 7) is 5.96. The summed E-state index contributed by atoms with van der Waals surface area (Å²) in [7, 11) is 0. The molecule has 0 bridgehead atoms. The first-order valence-corrected chi connectivity index (χ1v) is 12.2. The molecule has 0 atom stereocenters. The molecule has 0 unspecified atom stereocenters. The van der Waals surface area contributed by atoms with E-state index in [9.17, 15) is 19.7 Å². The van der Waals surface area contributed by atoms with Crippen molar-refractivity contribution in [3.63, 3.8) is 0 Å². The number of benzene rings is 2. The number of thiazole rings is 1. The molecule has 4 rings (SSSR count). The van der Waals surface area contributed by atoms with Crippen molar-refractivity contribution in [3.8, 4) is 0 Å². The summed E-state index contributed by atoms with van der Waals surface area (Å²) < 4.78 is 13.0. The zero-order valence-electron chi connectivity index (χ0n) is 19.6. The summed E-state index contributed by atoms with van der Waals surface area (Å²) in [6, 6.07) is 10.3. The van der Waals surface area contributed by atoms with Gasteiger partial charge in [0.25, 0.3) is 11.6 Å². The Balaban J connectivity index is 1.75. The monoisotopic (exact) mass is 498 g/mol. The molecule has 2 heterocycles. The molecule has 0 radical (unpaired) electrons. The molecule has 1 aliphatic heterocycles. The number of amides is 1. The number of aromatic nitrogens is 1. The number of aryl methyl sites for hydroxylation is 1. The summed E-state index contributed by atoms with van der Waals surface area (Å²) in [5.74, 6) is -1.06. The number of morpholine rings is 1. The summed E-state index contributed by atoms with van der Waals surface area (Å²) in [5.41, 5.74) is 2.27. The van der Waals surface area contributed by atoms with Gasteiger partial charge in [0.15, 0.2) is 4.80 Å². The number of ether oxygens (including phenoxy) is 2. The van der Waals surface area contributed by atoms with Gasteiger partial charge in [-0.3, -0.25) is 19.7 Å². The van der Waals surface area contributed by atoms with Crippen LogP contribution < -0.4 is 9.70 Å². The van der Waals surface area contributed by atoms with Gasteiger partial charge in [-0.1, -0.05) is 24.3 Å². The van der Waals surface area contributed by atoms with Crippen LogP contribution in [0, 0.1) is 10.1 Å². The van der Waals surface area contributed by atoms with E-state index in [1.165, 1.54) is 17.4 Å². The van der Waals surface area contributed by atoms with E-state index in [0.29, 0.717) is 36.8 Å². The van der Waals surface area contributed by atoms with E-state index in [2.05, 4.69) is 4.99 Å². The molecule has 2 aromatic carbocycles. The smallest absolute Gasteiger partial charge is 0.326 e. The van der Waals surface area contributed by atoms with E-state index >= 15 is 0 Å². The van der Waals surface area contributed by atoms with Crippen LogP contribution in [0.4, 0.5) is 11.4 Å². The molecule has 3 aromatic rings. The standard InChI is InChI=1S/C24H26N4O6S/c1-3-16-5-7-19-21(13-16)35-24(27(19)15-22(29)34-4-2)25-23(30)17-6-8-18(20(14-17)28(31)32)26-9-11-33-12-10-26/h5-8,13-14H,3-4,9-12,15H2,1-2H3. The Hall–Kier alpha value is -3.57. The highest BCUT2D eigenvalue weighted by molar-refractivity contribution is 7.16. The van der Waals surface area contributed by atoms with E-state index < -0.39 is 16.8 Å². The highest BCUT2D eigenvalue weighted by atomic mass is 32.1. The molecule has 1 amide bonds. The highest BCUT2D eigenvalue weighted by Crippen LogP contribution is 2.30. The number of esters is 1. The Morgan fingerprint density at radius 2 is 1.94 bits per heavy atom. The predicted molar refractivity (Wildman–Crippen MR) is 132 cm³/mol. The van der Waals surface area contributed by atoms with Gasteiger partial charge < -0.3 is 18.9 Å². The quantitative estimate of drug-likeness (QED) is 0.279. The lowest BCUT2D eigenvalue weighted by Crippen LogP contribution is -2.36. The molecule has 11 heteroatoms. The number of hydrogen-bond acceptors (Lipinski definition) is 8. The lowest BCUT2D eigenvalue weighted by atomic mass is 10.1. The third-order valence-corrected chi connectivity index (χ3v) is 6.76. The van der Waals surface area contributed by atoms with E-state index in [4.69, 9.17) is 9.47 Å². The normalized spacial score (nSPS) is 14.3. The van der Waals surface area contributed by atoms with Crippen LogP contribution >= 0.6 is 11.3 Å². The summed E-state index contributed by atoms with van der Waals surface area (Å²) >= 11 is 1.28. The average Bonchev–Trinajstić information content (AvgIpc) is 3.19. The average molecular weight is 499 g/mol. The molecule has 1 aliphatic rings. The fourth-order valence-corrected chi connectivity index (χ4v) is 5.03. The second kappa shape index (κ2) is 10.8. The second-order valence-corrected chi connectivity index (χ2v) is 8.92. The Kier molecular flexibility index (Phi) is 7.57. The van der Waals surface area contributed by atoms with Gasteiger partial charge in [0.2, 0.25) is 0 Å². The fraction of sp³-hybridized carbons (Fsp3) is 0.375. The van der Waals surface area contributed by atoms with Gasteiger partial charge in [-0.05, 0) is 43.2 Å². The molecule has 10 nitrogen and oxygen atoms in total. The summed E-state index contributed by atoms with van der Waals surface area (Å²) in [5, 5.41) is 11.8. The second-order valence-electron chi connectivity index (χ2n) is 7.91. The lowest BCUT2D eigenvalue weighted by molar-refractivity contribution is -0.384. The van der Waals surface area contributed by atoms with Crippen molar-refractivity contribution in [3.05, 3.63) is 62.4 Å². The third kappa shape index (κ3) is 5.41. The minimum atomic E-state index is -0.624. The van der Waals surface area contributed by atoms with Crippen LogP contribution in [-0.4, -0.2) is 54.3 Å². The van der Waals surface area contributed by atoms with Crippen molar-refractivity contribution >= 4 is 44.8 Å². The Bertz CT molecular complexity index is 1340. The van der Waals surface area contributed by atoms with Gasteiger partial charge >= 0.3 is 5.97 Å². The number of nitro benzene ring substituents is 1. The van der Waals surface area contributed by atoms with Crippen molar-refractivity contribution in [2.75, 3.05) is 37.8 Å². The van der Waals surface area contributed by atoms with Gasteiger partial charge in [0.05, 0.1) is 35.0 Å². The number of nitro groups is 1. The van der Waals surface area contributed by atoms with Crippen LogP contribution in [0.15, 0.2) is 41.4 Å². The molecule has 35 heavy (non-hydrogen) atoms. The molecule has 0 N–H and O–H groups in total. The minimum Gasteiger partial charge on any atom is -0.465 e. The number of anilines is 1. The van der Waals surface area contributed by atoms with Crippen LogP contribution in [0.1, 0.15) is 29.8 Å². The van der Waals surface area contributed by atoms with Crippen molar-refractivity contribution in [1.82, 2.24) is 4.57 Å². The minimum absolute atomic E-state index is 0.0957. The maximum Gasteiger partial charge on any atom is 0.326 e. The first-order chi connectivity index (χ1) is 16.9. The van der Waals surface area contributed by atoms with E-state index in [1.54, 1.807) is 23.6 Å². The van der Waals surface area contributed by atoms with Crippen LogP contribution in [0.2, 0.25) is 0 Å². The molecule has 184 valence electrons. The molecule has 1 fully saturated rings. The number of fused-ring (bicyclic) bond motifs is 1. The Labute approximate surface area is 205 Å². The van der Waals surface area contributed by atoms with E-state index in [1.807, 2.05) is 30.0 Å². The number of nitrogens with zero attached hydrogens (tertiary/aromatic N) is 4. The number of carbonyl (C=O) groups excluding carboxylic acids is 2. The van der Waals surface area contributed by atoms with Gasteiger partial charge in [-0.2, -0.15) is 4.99 Å². The zero-order valence-corrected chi connectivity index (χ0v) is 20.4. The van der Waals surface area contributed by atoms with Gasteiger partial charge in [-0.15, -0.1) is 0 Å². The van der Waals surface area contributed by atoms with Crippen molar-refractivity contribution < 1.29 is 24.0 Å². The molecule has 1 saturated heterocycles. The maximum absolute atomic E-state index is 13.1. The van der Waals surface area contributed by atoms with Crippen molar-refractivity contribution in [1.29, 1.82) is 0 Å². The van der Waals surface area contributed by atoms with E-state index in [0.717, 1.165) is 22.2 Å². The molecule has 0 spiro atoms. The lowest BCUT2D eigenvalue weighted by Gasteiger charge is -2.28. The highest BCUT2D eigenvalue weighted by Gasteiger charge is 2.23. The first-order valence-electron chi connectivity index (χ1n) is 11.4. The van der Waals surface area contributed by atoms with Gasteiger partial charge in [0.1, 0.15) is 12.2 Å². The van der Waals surface area contributed by atoms with Crippen LogP contribution in [0.3, 0.4) is 0 Å². The molecular formula is C24H26N4O6S. The Morgan fingerprint density at radius 3 is 2.63 bits per heavy atom.